The first-order chi connectivity index (χ1) is 12.0. The van der Waals surface area contributed by atoms with Gasteiger partial charge in [-0.1, -0.05) is 0 Å². The fourth-order valence-corrected chi connectivity index (χ4v) is 4.43. The molecule has 0 radical (unpaired) electrons. The fourth-order valence-electron chi connectivity index (χ4n) is 4.43. The minimum atomic E-state index is 0.203. The van der Waals surface area contributed by atoms with Crippen LogP contribution in [0.4, 0.5) is 0 Å². The van der Waals surface area contributed by atoms with Gasteiger partial charge in [0.05, 0.1) is 0 Å². The maximum atomic E-state index is 12.0. The Hall–Kier alpha value is -1.14. The van der Waals surface area contributed by atoms with E-state index in [1.165, 1.54) is 0 Å². The Kier molecular flexibility index (Phi) is 6.00. The van der Waals surface area contributed by atoms with E-state index >= 15 is 0 Å². The number of amides is 2. The number of hydrogen-bond acceptors (Lipinski definition) is 4. The summed E-state index contributed by atoms with van der Waals surface area (Å²) in [6.07, 6.45) is 5.45. The Labute approximate surface area is 151 Å². The van der Waals surface area contributed by atoms with E-state index in [9.17, 15) is 9.59 Å². The lowest BCUT2D eigenvalue weighted by Crippen LogP contribution is -2.57. The van der Waals surface area contributed by atoms with Crippen molar-refractivity contribution in [2.75, 3.05) is 46.8 Å². The quantitative estimate of drug-likeness (QED) is 0.796. The molecule has 0 spiro atoms. The number of piperidine rings is 2. The van der Waals surface area contributed by atoms with Crippen LogP contribution < -0.4 is 5.32 Å². The molecular formula is C19H34N4O2. The monoisotopic (exact) mass is 350 g/mol. The van der Waals surface area contributed by atoms with E-state index in [1.807, 2.05) is 4.90 Å². The highest BCUT2D eigenvalue weighted by molar-refractivity contribution is 5.80. The van der Waals surface area contributed by atoms with Gasteiger partial charge in [0, 0.05) is 51.1 Å². The van der Waals surface area contributed by atoms with Crippen LogP contribution in [0.3, 0.4) is 0 Å². The molecule has 6 nitrogen and oxygen atoms in total. The lowest BCUT2D eigenvalue weighted by Gasteiger charge is -2.46. The first-order valence-corrected chi connectivity index (χ1v) is 9.89. The number of carbonyl (C=O) groups is 2. The molecule has 142 valence electrons. The summed E-state index contributed by atoms with van der Waals surface area (Å²) in [6, 6.07) is 1.08. The van der Waals surface area contributed by atoms with Gasteiger partial charge < -0.3 is 15.1 Å². The molecule has 25 heavy (non-hydrogen) atoms. The molecule has 2 amide bonds. The third-order valence-corrected chi connectivity index (χ3v) is 6.33. The third-order valence-electron chi connectivity index (χ3n) is 6.33. The second-order valence-electron chi connectivity index (χ2n) is 8.33. The van der Waals surface area contributed by atoms with E-state index in [-0.39, 0.29) is 11.8 Å². The van der Waals surface area contributed by atoms with Crippen molar-refractivity contribution in [1.29, 1.82) is 0 Å². The number of nitrogens with one attached hydrogen (secondary N) is 1. The summed E-state index contributed by atoms with van der Waals surface area (Å²) in [7, 11) is 4.31. The third kappa shape index (κ3) is 4.73. The molecule has 3 fully saturated rings. The molecule has 2 atom stereocenters. The maximum Gasteiger partial charge on any atom is 0.223 e. The van der Waals surface area contributed by atoms with Crippen LogP contribution in [0, 0.1) is 11.8 Å². The topological polar surface area (TPSA) is 55.9 Å². The molecule has 0 unspecified atom stereocenters. The van der Waals surface area contributed by atoms with Crippen LogP contribution >= 0.6 is 0 Å². The van der Waals surface area contributed by atoms with E-state index in [1.54, 1.807) is 6.92 Å². The molecular weight excluding hydrogens is 316 g/mol. The van der Waals surface area contributed by atoms with Gasteiger partial charge in [-0.3, -0.25) is 14.5 Å². The van der Waals surface area contributed by atoms with Gasteiger partial charge in [0.15, 0.2) is 0 Å². The highest BCUT2D eigenvalue weighted by Gasteiger charge is 2.36. The maximum absolute atomic E-state index is 12.0. The van der Waals surface area contributed by atoms with E-state index in [2.05, 4.69) is 29.2 Å². The summed E-state index contributed by atoms with van der Waals surface area (Å²) < 4.78 is 0. The van der Waals surface area contributed by atoms with Crippen molar-refractivity contribution in [1.82, 2.24) is 20.0 Å². The molecule has 1 N–H and O–H groups in total. The summed E-state index contributed by atoms with van der Waals surface area (Å²) in [5, 5.41) is 3.18. The van der Waals surface area contributed by atoms with Crippen LogP contribution in [0.2, 0.25) is 0 Å². The molecule has 2 heterocycles. The SMILES string of the molecule is CC(=O)N1CCC(N2CC[C@H](CNC(=O)C3CC3)[C@H](N(C)C)C2)CC1. The van der Waals surface area contributed by atoms with Gasteiger partial charge in [0.1, 0.15) is 0 Å². The zero-order chi connectivity index (χ0) is 18.0. The molecule has 2 saturated heterocycles. The number of likely N-dealkylation sites (N-methyl/N-ethyl adjacent to an activating group) is 1. The van der Waals surface area contributed by atoms with Crippen molar-refractivity contribution in [3.8, 4) is 0 Å². The van der Waals surface area contributed by atoms with Crippen LogP contribution in [0.25, 0.3) is 0 Å². The Morgan fingerprint density at radius 3 is 2.28 bits per heavy atom. The Morgan fingerprint density at radius 1 is 1.04 bits per heavy atom. The molecule has 1 aliphatic carbocycles. The molecule has 0 aromatic rings. The summed E-state index contributed by atoms with van der Waals surface area (Å²) >= 11 is 0. The molecule has 3 aliphatic rings. The summed E-state index contributed by atoms with van der Waals surface area (Å²) in [5.74, 6) is 1.29. The molecule has 1 saturated carbocycles. The van der Waals surface area contributed by atoms with Crippen molar-refractivity contribution in [3.63, 3.8) is 0 Å². The molecule has 0 aromatic carbocycles. The van der Waals surface area contributed by atoms with E-state index in [0.717, 1.165) is 64.8 Å². The van der Waals surface area contributed by atoms with Crippen molar-refractivity contribution >= 4 is 11.8 Å². The lowest BCUT2D eigenvalue weighted by molar-refractivity contribution is -0.130. The highest BCUT2D eigenvalue weighted by atomic mass is 16.2. The molecule has 0 aromatic heterocycles. The first-order valence-electron chi connectivity index (χ1n) is 9.89. The Bertz CT molecular complexity index is 484. The van der Waals surface area contributed by atoms with Gasteiger partial charge >= 0.3 is 0 Å². The van der Waals surface area contributed by atoms with Gasteiger partial charge in [0.25, 0.3) is 0 Å². The van der Waals surface area contributed by atoms with Gasteiger partial charge in [0.2, 0.25) is 11.8 Å². The van der Waals surface area contributed by atoms with Gasteiger partial charge in [-0.2, -0.15) is 0 Å². The molecule has 2 aliphatic heterocycles. The molecule has 0 bridgehead atoms. The number of carbonyl (C=O) groups excluding carboxylic acids is 2. The van der Waals surface area contributed by atoms with Crippen molar-refractivity contribution in [2.24, 2.45) is 11.8 Å². The van der Waals surface area contributed by atoms with Crippen LogP contribution in [-0.4, -0.2) is 85.4 Å². The second kappa shape index (κ2) is 8.04. The number of rotatable bonds is 5. The van der Waals surface area contributed by atoms with Crippen molar-refractivity contribution < 1.29 is 9.59 Å². The Morgan fingerprint density at radius 2 is 1.72 bits per heavy atom. The average Bonchev–Trinajstić information content (AvgIpc) is 3.44. The zero-order valence-corrected chi connectivity index (χ0v) is 16.0. The molecule has 6 heteroatoms. The normalized spacial score (nSPS) is 29.0. The summed E-state index contributed by atoms with van der Waals surface area (Å²) in [4.78, 5) is 30.4. The van der Waals surface area contributed by atoms with Crippen molar-refractivity contribution in [3.05, 3.63) is 0 Å². The minimum Gasteiger partial charge on any atom is -0.356 e. The van der Waals surface area contributed by atoms with Crippen LogP contribution in [0.5, 0.6) is 0 Å². The van der Waals surface area contributed by atoms with Gasteiger partial charge in [-0.05, 0) is 58.7 Å². The van der Waals surface area contributed by atoms with Crippen LogP contribution in [-0.2, 0) is 9.59 Å². The molecule has 3 rings (SSSR count). The Balaban J connectivity index is 1.50. The number of nitrogens with zero attached hydrogens (tertiary/aromatic N) is 3. The number of hydrogen-bond donors (Lipinski definition) is 1. The summed E-state index contributed by atoms with van der Waals surface area (Å²) in [5.41, 5.74) is 0. The second-order valence-corrected chi connectivity index (χ2v) is 8.33. The summed E-state index contributed by atoms with van der Waals surface area (Å²) in [6.45, 7) is 6.45. The average molecular weight is 351 g/mol. The zero-order valence-electron chi connectivity index (χ0n) is 16.0. The predicted octanol–water partition coefficient (Wildman–Crippen LogP) is 0.776. The highest BCUT2D eigenvalue weighted by Crippen LogP contribution is 2.30. The van der Waals surface area contributed by atoms with Gasteiger partial charge in [-0.15, -0.1) is 0 Å². The van der Waals surface area contributed by atoms with E-state index in [0.29, 0.717) is 23.9 Å². The lowest BCUT2D eigenvalue weighted by atomic mass is 9.88. The number of likely N-dealkylation sites (tertiary alicyclic amines) is 2. The van der Waals surface area contributed by atoms with Crippen molar-refractivity contribution in [2.45, 2.75) is 51.1 Å². The smallest absolute Gasteiger partial charge is 0.223 e. The van der Waals surface area contributed by atoms with E-state index in [4.69, 9.17) is 0 Å². The largest absolute Gasteiger partial charge is 0.356 e. The van der Waals surface area contributed by atoms with E-state index < -0.39 is 0 Å². The standard InChI is InChI=1S/C19H34N4O2/c1-14(24)22-10-7-17(8-11-22)23-9-6-16(18(13-23)21(2)3)12-20-19(25)15-4-5-15/h15-18H,4-13H2,1-3H3,(H,20,25)/t16-,18-/m1/s1. The van der Waals surface area contributed by atoms with Crippen LogP contribution in [0.15, 0.2) is 0 Å². The fraction of sp³-hybridized carbons (Fsp3) is 0.895. The van der Waals surface area contributed by atoms with Crippen LogP contribution in [0.1, 0.15) is 39.0 Å². The first kappa shape index (κ1) is 18.6. The van der Waals surface area contributed by atoms with Gasteiger partial charge in [-0.25, -0.2) is 0 Å². The predicted molar refractivity (Wildman–Crippen MR) is 98.2 cm³/mol. The minimum absolute atomic E-state index is 0.203.